The zero-order valence-corrected chi connectivity index (χ0v) is 14.0. The number of hydrogen-bond acceptors (Lipinski definition) is 5. The topological polar surface area (TPSA) is 108 Å². The number of benzene rings is 2. The molecule has 2 rings (SSSR count). The first-order chi connectivity index (χ1) is 12.6. The Labute approximate surface area is 150 Å². The quantitative estimate of drug-likeness (QED) is 0.249. The number of aliphatic hydroxyl groups excluding tert-OH is 1. The highest BCUT2D eigenvalue weighted by Gasteiger charge is 2.07. The first kappa shape index (κ1) is 19.2. The summed E-state index contributed by atoms with van der Waals surface area (Å²) in [5.41, 5.74) is 2.72. The van der Waals surface area contributed by atoms with Crippen molar-refractivity contribution in [2.24, 2.45) is 0 Å². The molecule has 0 saturated carbocycles. The van der Waals surface area contributed by atoms with Gasteiger partial charge in [0.2, 0.25) is 5.91 Å². The minimum atomic E-state index is -1.04. The van der Waals surface area contributed by atoms with Crippen LogP contribution in [-0.4, -0.2) is 35.0 Å². The third-order valence-corrected chi connectivity index (χ3v) is 3.41. The van der Waals surface area contributed by atoms with Crippen molar-refractivity contribution in [3.8, 4) is 5.75 Å². The number of carbonyl (C=O) groups excluding carboxylic acids is 2. The fourth-order valence-corrected chi connectivity index (χ4v) is 2.08. The van der Waals surface area contributed by atoms with Crippen LogP contribution in [0, 0.1) is 0 Å². The molecule has 0 aliphatic carbocycles. The van der Waals surface area contributed by atoms with Crippen molar-refractivity contribution in [1.29, 1.82) is 0 Å². The van der Waals surface area contributed by atoms with Crippen LogP contribution in [0.1, 0.15) is 22.3 Å². The Morgan fingerprint density at radius 1 is 1.08 bits per heavy atom. The Morgan fingerprint density at radius 3 is 2.42 bits per heavy atom. The van der Waals surface area contributed by atoms with E-state index >= 15 is 0 Å². The summed E-state index contributed by atoms with van der Waals surface area (Å²) in [5.74, 6) is -0.513. The van der Waals surface area contributed by atoms with E-state index in [1.165, 1.54) is 23.7 Å². The minimum Gasteiger partial charge on any atom is -0.493 e. The summed E-state index contributed by atoms with van der Waals surface area (Å²) in [7, 11) is 0. The second kappa shape index (κ2) is 9.97. The molecular weight excluding hydrogens is 336 g/mol. The monoisotopic (exact) mass is 356 g/mol. The number of amides is 2. The Bertz CT molecular complexity index is 744. The number of hydroxylamine groups is 1. The van der Waals surface area contributed by atoms with Crippen LogP contribution < -0.4 is 15.5 Å². The SMILES string of the molecule is O=C(/C=C/c1ccccc1)NC(O)CCOc1ccc(C(=O)NO)cc1. The number of aliphatic hydroxyl groups is 1. The molecule has 4 N–H and O–H groups in total. The van der Waals surface area contributed by atoms with Gasteiger partial charge in [-0.05, 0) is 35.9 Å². The molecule has 26 heavy (non-hydrogen) atoms. The molecule has 0 aliphatic rings. The predicted molar refractivity (Wildman–Crippen MR) is 95.4 cm³/mol. The molecule has 7 heteroatoms. The van der Waals surface area contributed by atoms with E-state index in [0.717, 1.165) is 5.56 Å². The molecule has 1 atom stereocenters. The van der Waals surface area contributed by atoms with Crippen molar-refractivity contribution in [3.63, 3.8) is 0 Å². The van der Waals surface area contributed by atoms with Crippen LogP contribution in [0.3, 0.4) is 0 Å². The molecule has 2 aromatic carbocycles. The van der Waals surface area contributed by atoms with Crippen LogP contribution in [0.15, 0.2) is 60.7 Å². The van der Waals surface area contributed by atoms with Crippen molar-refractivity contribution >= 4 is 17.9 Å². The van der Waals surface area contributed by atoms with Crippen molar-refractivity contribution < 1.29 is 24.6 Å². The summed E-state index contributed by atoms with van der Waals surface area (Å²) in [6.45, 7) is 0.176. The molecular formula is C19H20N2O5. The zero-order valence-electron chi connectivity index (χ0n) is 14.0. The Balaban J connectivity index is 1.71. The normalized spacial score (nSPS) is 11.8. The average Bonchev–Trinajstić information content (AvgIpc) is 2.67. The van der Waals surface area contributed by atoms with Gasteiger partial charge in [-0.2, -0.15) is 0 Å². The number of nitrogens with one attached hydrogen (secondary N) is 2. The largest absolute Gasteiger partial charge is 0.493 e. The van der Waals surface area contributed by atoms with Crippen LogP contribution in [0.4, 0.5) is 0 Å². The van der Waals surface area contributed by atoms with Gasteiger partial charge in [0.15, 0.2) is 0 Å². The molecule has 136 valence electrons. The molecule has 1 unspecified atom stereocenters. The predicted octanol–water partition coefficient (Wildman–Crippen LogP) is 1.72. The molecule has 0 bridgehead atoms. The standard InChI is InChI=1S/C19H20N2O5/c22-17(11-6-14-4-2-1-3-5-14)20-18(23)12-13-26-16-9-7-15(8-10-16)19(24)21-25/h1-11,18,23,25H,12-13H2,(H,20,22)(H,21,24)/b11-6+. The third-order valence-electron chi connectivity index (χ3n) is 3.41. The highest BCUT2D eigenvalue weighted by molar-refractivity contribution is 5.93. The lowest BCUT2D eigenvalue weighted by Crippen LogP contribution is -2.34. The third kappa shape index (κ3) is 6.39. The van der Waals surface area contributed by atoms with Gasteiger partial charge in [0.1, 0.15) is 12.0 Å². The van der Waals surface area contributed by atoms with Crippen LogP contribution >= 0.6 is 0 Å². The van der Waals surface area contributed by atoms with Gasteiger partial charge in [-0.15, -0.1) is 0 Å². The molecule has 0 heterocycles. The van der Waals surface area contributed by atoms with E-state index in [0.29, 0.717) is 5.75 Å². The molecule has 0 fully saturated rings. The molecule has 2 amide bonds. The molecule has 0 aliphatic heterocycles. The van der Waals surface area contributed by atoms with E-state index in [1.807, 2.05) is 30.3 Å². The molecule has 7 nitrogen and oxygen atoms in total. The molecule has 0 spiro atoms. The Morgan fingerprint density at radius 2 is 1.77 bits per heavy atom. The smallest absolute Gasteiger partial charge is 0.274 e. The van der Waals surface area contributed by atoms with Gasteiger partial charge in [0.05, 0.1) is 6.61 Å². The molecule has 0 aromatic heterocycles. The maximum absolute atomic E-state index is 11.7. The van der Waals surface area contributed by atoms with Gasteiger partial charge in [-0.25, -0.2) is 5.48 Å². The summed E-state index contributed by atoms with van der Waals surface area (Å²) in [4.78, 5) is 22.9. The highest BCUT2D eigenvalue weighted by atomic mass is 16.5. The summed E-state index contributed by atoms with van der Waals surface area (Å²) in [6, 6.07) is 15.5. The van der Waals surface area contributed by atoms with Gasteiger partial charge in [0.25, 0.3) is 5.91 Å². The molecule has 0 saturated heterocycles. The summed E-state index contributed by atoms with van der Waals surface area (Å²) < 4.78 is 5.43. The van der Waals surface area contributed by atoms with Crippen LogP contribution in [0.2, 0.25) is 0 Å². The summed E-state index contributed by atoms with van der Waals surface area (Å²) >= 11 is 0. The van der Waals surface area contributed by atoms with Gasteiger partial charge >= 0.3 is 0 Å². The van der Waals surface area contributed by atoms with Crippen molar-refractivity contribution in [3.05, 3.63) is 71.8 Å². The van der Waals surface area contributed by atoms with Crippen LogP contribution in [-0.2, 0) is 4.79 Å². The summed E-state index contributed by atoms with van der Waals surface area (Å²) in [6.07, 6.45) is 2.17. The van der Waals surface area contributed by atoms with E-state index in [4.69, 9.17) is 9.94 Å². The lowest BCUT2D eigenvalue weighted by molar-refractivity contribution is -0.119. The van der Waals surface area contributed by atoms with Gasteiger partial charge in [-0.3, -0.25) is 14.8 Å². The van der Waals surface area contributed by atoms with Crippen molar-refractivity contribution in [2.45, 2.75) is 12.6 Å². The number of rotatable bonds is 8. The van der Waals surface area contributed by atoms with E-state index in [2.05, 4.69) is 5.32 Å². The van der Waals surface area contributed by atoms with Crippen molar-refractivity contribution in [1.82, 2.24) is 10.8 Å². The minimum absolute atomic E-state index is 0.176. The first-order valence-electron chi connectivity index (χ1n) is 7.97. The lowest BCUT2D eigenvalue weighted by Gasteiger charge is -2.12. The maximum Gasteiger partial charge on any atom is 0.274 e. The highest BCUT2D eigenvalue weighted by Crippen LogP contribution is 2.12. The van der Waals surface area contributed by atoms with Crippen LogP contribution in [0.5, 0.6) is 5.75 Å². The Kier molecular flexibility index (Phi) is 7.35. The fraction of sp³-hybridized carbons (Fsp3) is 0.158. The fourth-order valence-electron chi connectivity index (χ4n) is 2.08. The molecule has 0 radical (unpaired) electrons. The number of carbonyl (C=O) groups is 2. The second-order valence-electron chi connectivity index (χ2n) is 5.37. The molecule has 2 aromatic rings. The van der Waals surface area contributed by atoms with E-state index in [9.17, 15) is 14.7 Å². The van der Waals surface area contributed by atoms with E-state index in [-0.39, 0.29) is 18.6 Å². The maximum atomic E-state index is 11.7. The summed E-state index contributed by atoms with van der Waals surface area (Å²) in [5, 5.41) is 20.8. The average molecular weight is 356 g/mol. The second-order valence-corrected chi connectivity index (χ2v) is 5.37. The van der Waals surface area contributed by atoms with Gasteiger partial charge in [0, 0.05) is 18.1 Å². The van der Waals surface area contributed by atoms with Gasteiger partial charge in [-0.1, -0.05) is 30.3 Å². The van der Waals surface area contributed by atoms with E-state index in [1.54, 1.807) is 18.2 Å². The first-order valence-corrected chi connectivity index (χ1v) is 7.97. The number of hydrogen-bond donors (Lipinski definition) is 4. The zero-order chi connectivity index (χ0) is 18.8. The number of ether oxygens (including phenoxy) is 1. The van der Waals surface area contributed by atoms with E-state index < -0.39 is 18.0 Å². The van der Waals surface area contributed by atoms with Gasteiger partial charge < -0.3 is 15.2 Å². The van der Waals surface area contributed by atoms with Crippen molar-refractivity contribution in [2.75, 3.05) is 6.61 Å². The lowest BCUT2D eigenvalue weighted by atomic mass is 10.2. The van der Waals surface area contributed by atoms with Crippen LogP contribution in [0.25, 0.3) is 6.08 Å². The Hall–Kier alpha value is -3.16.